The Bertz CT molecular complexity index is 435. The Balaban J connectivity index is 2.56. The molecule has 0 aromatic heterocycles. The number of carbonyl (C=O) groups is 1. The Morgan fingerprint density at radius 3 is 2.80 bits per heavy atom. The highest BCUT2D eigenvalue weighted by molar-refractivity contribution is 5.69. The van der Waals surface area contributed by atoms with Gasteiger partial charge in [-0.25, -0.2) is 4.39 Å². The lowest BCUT2D eigenvalue weighted by molar-refractivity contribution is -0.140. The molecule has 0 unspecified atom stereocenters. The van der Waals surface area contributed by atoms with Gasteiger partial charge in [-0.1, -0.05) is 26.0 Å². The molecule has 0 spiro atoms. The number of benzene rings is 1. The van der Waals surface area contributed by atoms with Crippen LogP contribution >= 0.6 is 0 Å². The fraction of sp³-hybridized carbons (Fsp3) is 0.533. The molecule has 0 saturated carbocycles. The zero-order chi connectivity index (χ0) is 15.0. The predicted octanol–water partition coefficient (Wildman–Crippen LogP) is 2.66. The molecule has 0 aliphatic rings. The van der Waals surface area contributed by atoms with E-state index in [2.05, 4.69) is 10.1 Å². The molecule has 0 atom stereocenters. The van der Waals surface area contributed by atoms with Crippen molar-refractivity contribution in [3.05, 3.63) is 29.6 Å². The van der Waals surface area contributed by atoms with E-state index < -0.39 is 0 Å². The molecular weight excluding hydrogens is 261 g/mol. The molecule has 0 radical (unpaired) electrons. The number of hydrogen-bond donors (Lipinski definition) is 1. The van der Waals surface area contributed by atoms with Crippen LogP contribution in [0.4, 0.5) is 4.39 Å². The lowest BCUT2D eigenvalue weighted by Crippen LogP contribution is -2.22. The van der Waals surface area contributed by atoms with Crippen LogP contribution in [-0.2, 0) is 16.1 Å². The van der Waals surface area contributed by atoms with Gasteiger partial charge in [0.1, 0.15) is 0 Å². The quantitative estimate of drug-likeness (QED) is 0.588. The molecule has 112 valence electrons. The molecule has 1 aromatic rings. The van der Waals surface area contributed by atoms with Crippen molar-refractivity contribution < 1.29 is 18.7 Å². The van der Waals surface area contributed by atoms with Crippen molar-refractivity contribution in [3.63, 3.8) is 0 Å². The lowest BCUT2D eigenvalue weighted by atomic mass is 10.2. The first-order valence-electron chi connectivity index (χ1n) is 6.75. The normalized spacial score (nSPS) is 10.7. The van der Waals surface area contributed by atoms with Crippen LogP contribution < -0.4 is 10.1 Å². The molecule has 0 saturated heterocycles. The fourth-order valence-electron chi connectivity index (χ4n) is 1.66. The van der Waals surface area contributed by atoms with Crippen LogP contribution in [0.5, 0.6) is 5.75 Å². The van der Waals surface area contributed by atoms with Crippen LogP contribution in [0.2, 0.25) is 0 Å². The Hall–Kier alpha value is -1.62. The third kappa shape index (κ3) is 5.57. The average Bonchev–Trinajstić information content (AvgIpc) is 2.42. The van der Waals surface area contributed by atoms with E-state index in [9.17, 15) is 9.18 Å². The van der Waals surface area contributed by atoms with Gasteiger partial charge in [0.25, 0.3) is 0 Å². The second-order valence-corrected chi connectivity index (χ2v) is 4.79. The molecule has 0 aliphatic heterocycles. The summed E-state index contributed by atoms with van der Waals surface area (Å²) in [5.74, 6) is -0.416. The van der Waals surface area contributed by atoms with Gasteiger partial charge in [-0.15, -0.1) is 0 Å². The second kappa shape index (κ2) is 8.53. The zero-order valence-corrected chi connectivity index (χ0v) is 12.2. The molecule has 1 aromatic carbocycles. The van der Waals surface area contributed by atoms with E-state index in [1.165, 1.54) is 13.2 Å². The molecule has 0 fully saturated rings. The molecule has 0 aliphatic carbocycles. The predicted molar refractivity (Wildman–Crippen MR) is 75.1 cm³/mol. The average molecular weight is 283 g/mol. The molecule has 4 nitrogen and oxygen atoms in total. The van der Waals surface area contributed by atoms with Crippen molar-refractivity contribution >= 4 is 5.97 Å². The molecule has 1 N–H and O–H groups in total. The summed E-state index contributed by atoms with van der Waals surface area (Å²) in [6.07, 6.45) is 0.766. The van der Waals surface area contributed by atoms with Gasteiger partial charge < -0.3 is 14.8 Å². The molecule has 0 amide bonds. The van der Waals surface area contributed by atoms with Gasteiger partial charge >= 0.3 is 5.97 Å². The van der Waals surface area contributed by atoms with E-state index in [0.717, 1.165) is 5.56 Å². The minimum Gasteiger partial charge on any atom is -0.490 e. The van der Waals surface area contributed by atoms with Crippen molar-refractivity contribution in [2.45, 2.75) is 39.3 Å². The summed E-state index contributed by atoms with van der Waals surface area (Å²) >= 11 is 0. The van der Waals surface area contributed by atoms with E-state index in [4.69, 9.17) is 4.74 Å². The van der Waals surface area contributed by atoms with Gasteiger partial charge in [-0.2, -0.15) is 0 Å². The van der Waals surface area contributed by atoms with Crippen molar-refractivity contribution in [3.8, 4) is 5.75 Å². The topological polar surface area (TPSA) is 47.6 Å². The number of esters is 1. The third-order valence-corrected chi connectivity index (χ3v) is 2.75. The Morgan fingerprint density at radius 2 is 2.15 bits per heavy atom. The summed E-state index contributed by atoms with van der Waals surface area (Å²) in [5, 5.41) is 3.23. The minimum atomic E-state index is -0.383. The number of carbonyl (C=O) groups excluding carboxylic acids is 1. The van der Waals surface area contributed by atoms with Gasteiger partial charge in [0.05, 0.1) is 13.7 Å². The summed E-state index contributed by atoms with van der Waals surface area (Å²) in [7, 11) is 1.34. The van der Waals surface area contributed by atoms with Crippen molar-refractivity contribution in [1.29, 1.82) is 0 Å². The van der Waals surface area contributed by atoms with E-state index in [1.807, 2.05) is 19.9 Å². The Kier molecular flexibility index (Phi) is 7.01. The van der Waals surface area contributed by atoms with Gasteiger partial charge in [-0.3, -0.25) is 4.79 Å². The minimum absolute atomic E-state index is 0.255. The number of nitrogens with one attached hydrogen (secondary N) is 1. The molecule has 1 rings (SSSR count). The first-order valence-corrected chi connectivity index (χ1v) is 6.75. The van der Waals surface area contributed by atoms with Crippen LogP contribution in [0.25, 0.3) is 0 Å². The summed E-state index contributed by atoms with van der Waals surface area (Å²) in [4.78, 5) is 11.0. The summed E-state index contributed by atoms with van der Waals surface area (Å²) in [6.45, 7) is 4.87. The number of methoxy groups -OCH3 is 1. The van der Waals surface area contributed by atoms with E-state index >= 15 is 0 Å². The monoisotopic (exact) mass is 283 g/mol. The Morgan fingerprint density at radius 1 is 1.40 bits per heavy atom. The van der Waals surface area contributed by atoms with E-state index in [-0.39, 0.29) is 30.6 Å². The smallest absolute Gasteiger partial charge is 0.305 e. The van der Waals surface area contributed by atoms with Gasteiger partial charge in [-0.05, 0) is 12.5 Å². The molecule has 5 heteroatoms. The van der Waals surface area contributed by atoms with E-state index in [0.29, 0.717) is 19.0 Å². The van der Waals surface area contributed by atoms with Gasteiger partial charge in [0, 0.05) is 24.6 Å². The van der Waals surface area contributed by atoms with Crippen molar-refractivity contribution in [2.75, 3.05) is 13.7 Å². The highest BCUT2D eigenvalue weighted by Crippen LogP contribution is 2.23. The molecule has 20 heavy (non-hydrogen) atoms. The van der Waals surface area contributed by atoms with Crippen molar-refractivity contribution in [2.24, 2.45) is 0 Å². The summed E-state index contributed by atoms with van der Waals surface area (Å²) < 4.78 is 23.8. The maximum atomic E-state index is 13.8. The van der Waals surface area contributed by atoms with Crippen LogP contribution in [-0.4, -0.2) is 25.7 Å². The molecule has 0 heterocycles. The van der Waals surface area contributed by atoms with Crippen LogP contribution in [0.15, 0.2) is 18.2 Å². The maximum absolute atomic E-state index is 13.8. The number of halogens is 1. The molecular formula is C15H22FNO3. The van der Waals surface area contributed by atoms with Crippen LogP contribution in [0.3, 0.4) is 0 Å². The fourth-order valence-corrected chi connectivity index (χ4v) is 1.66. The first kappa shape index (κ1) is 16.4. The van der Waals surface area contributed by atoms with Crippen LogP contribution in [0.1, 0.15) is 32.3 Å². The van der Waals surface area contributed by atoms with Crippen LogP contribution in [0, 0.1) is 5.82 Å². The van der Waals surface area contributed by atoms with Gasteiger partial charge in [0.2, 0.25) is 0 Å². The lowest BCUT2D eigenvalue weighted by Gasteiger charge is -2.14. The molecule has 0 bridgehead atoms. The number of para-hydroxylation sites is 1. The maximum Gasteiger partial charge on any atom is 0.305 e. The SMILES string of the molecule is COC(=O)CCCOc1c(F)cccc1CNC(C)C. The summed E-state index contributed by atoms with van der Waals surface area (Å²) in [6, 6.07) is 5.17. The third-order valence-electron chi connectivity index (χ3n) is 2.75. The largest absolute Gasteiger partial charge is 0.490 e. The standard InChI is InChI=1S/C15H22FNO3/c1-11(2)17-10-12-6-4-7-13(16)15(12)20-9-5-8-14(18)19-3/h4,6-7,11,17H,5,8-10H2,1-3H3. The highest BCUT2D eigenvalue weighted by Gasteiger charge is 2.10. The second-order valence-electron chi connectivity index (χ2n) is 4.79. The Labute approximate surface area is 119 Å². The first-order chi connectivity index (χ1) is 9.54. The van der Waals surface area contributed by atoms with Crippen molar-refractivity contribution in [1.82, 2.24) is 5.32 Å². The zero-order valence-electron chi connectivity index (χ0n) is 12.2. The number of hydrogen-bond acceptors (Lipinski definition) is 4. The number of ether oxygens (including phenoxy) is 2. The van der Waals surface area contributed by atoms with E-state index in [1.54, 1.807) is 6.07 Å². The highest BCUT2D eigenvalue weighted by atomic mass is 19.1. The summed E-state index contributed by atoms with van der Waals surface area (Å²) in [5.41, 5.74) is 0.775. The number of rotatable bonds is 8. The van der Waals surface area contributed by atoms with Gasteiger partial charge in [0.15, 0.2) is 11.6 Å².